The molecular formula is C56H42F12N4. The molecule has 0 aliphatic carbocycles. The van der Waals surface area contributed by atoms with Crippen molar-refractivity contribution in [1.82, 2.24) is 18.3 Å². The van der Waals surface area contributed by atoms with Crippen LogP contribution in [-0.2, 0) is 52.9 Å². The highest BCUT2D eigenvalue weighted by Gasteiger charge is 2.34. The molecular weight excluding hydrogens is 957 g/mol. The van der Waals surface area contributed by atoms with E-state index in [1.54, 1.807) is 37.3 Å². The van der Waals surface area contributed by atoms with E-state index in [0.29, 0.717) is 54.4 Å². The van der Waals surface area contributed by atoms with Crippen LogP contribution in [-0.4, -0.2) is 18.3 Å². The number of benzene rings is 8. The first kappa shape index (κ1) is 49.4. The van der Waals surface area contributed by atoms with Crippen LogP contribution in [0, 0.1) is 0 Å². The van der Waals surface area contributed by atoms with Crippen molar-refractivity contribution in [3.63, 3.8) is 0 Å². The van der Waals surface area contributed by atoms with Crippen LogP contribution in [0.5, 0.6) is 0 Å². The smallest absolute Gasteiger partial charge is 0.344 e. The number of hydrogen-bond acceptors (Lipinski definition) is 0. The summed E-state index contributed by atoms with van der Waals surface area (Å²) in [5, 5.41) is 8.73. The van der Waals surface area contributed by atoms with Gasteiger partial charge in [0.25, 0.3) is 0 Å². The van der Waals surface area contributed by atoms with Crippen LogP contribution in [0.1, 0.15) is 36.1 Å². The molecule has 72 heavy (non-hydrogen) atoms. The lowest BCUT2D eigenvalue weighted by atomic mass is 10.0. The van der Waals surface area contributed by atoms with Crippen LogP contribution in [0.2, 0.25) is 0 Å². The summed E-state index contributed by atoms with van der Waals surface area (Å²) in [6, 6.07) is 30.0. The van der Waals surface area contributed by atoms with E-state index in [-0.39, 0.29) is 0 Å². The first-order valence-corrected chi connectivity index (χ1v) is 22.4. The minimum absolute atomic E-state index is 0.481. The van der Waals surface area contributed by atoms with Crippen molar-refractivity contribution in [3.05, 3.63) is 157 Å². The van der Waals surface area contributed by atoms with Crippen LogP contribution in [0.15, 0.2) is 134 Å². The Morgan fingerprint density at radius 3 is 0.750 bits per heavy atom. The second-order valence-electron chi connectivity index (χ2n) is 17.3. The van der Waals surface area contributed by atoms with E-state index in [1.807, 2.05) is 71.5 Å². The van der Waals surface area contributed by atoms with Gasteiger partial charge in [-0.25, -0.2) is 0 Å². The number of nitrogens with zero attached hydrogens (tertiary/aromatic N) is 4. The summed E-state index contributed by atoms with van der Waals surface area (Å²) in [5.74, 6) is 0. The minimum Gasteiger partial charge on any atom is -0.344 e. The quantitative estimate of drug-likeness (QED) is 0.107. The maximum Gasteiger partial charge on any atom is 0.416 e. The summed E-state index contributed by atoms with van der Waals surface area (Å²) < 4.78 is 166. The molecule has 370 valence electrons. The van der Waals surface area contributed by atoms with E-state index >= 15 is 0 Å². The molecule has 4 nitrogen and oxygen atoms in total. The molecule has 0 unspecified atom stereocenters. The molecule has 0 fully saturated rings. The standard InChI is InChI=1S/2C26H16F6N2.C2H6.C2H4/c1-33-21-5-3-15(25(27,28)29)11-19(21)17-7-14-10-24-18(8-13(14)9-23(17)33)20-12-16(26(30,31)32)4-6-22(20)34(24)2;1-33-21-9-13-8-20-18-6-4-16(26(30,31)32)12-24(18)34(2)22(20)10-14(13)7-19(21)17-5-3-15(11-23(17)33)25(27,28)29;2*1-2/h2*3-12H,1-2H3;1-2H3;1-2H2. The van der Waals surface area contributed by atoms with Gasteiger partial charge in [0.1, 0.15) is 0 Å². The van der Waals surface area contributed by atoms with Crippen LogP contribution in [0.25, 0.3) is 109 Å². The van der Waals surface area contributed by atoms with E-state index < -0.39 is 47.0 Å². The predicted molar refractivity (Wildman–Crippen MR) is 266 cm³/mol. The fourth-order valence-electron chi connectivity index (χ4n) is 10.0. The fraction of sp³-hybridized carbons (Fsp3) is 0.179. The Kier molecular flexibility index (Phi) is 11.7. The average molecular weight is 999 g/mol. The zero-order valence-electron chi connectivity index (χ0n) is 39.3. The zero-order chi connectivity index (χ0) is 52.3. The molecule has 0 N–H and O–H groups in total. The molecule has 8 aromatic carbocycles. The molecule has 0 aliphatic heterocycles. The van der Waals surface area contributed by atoms with Gasteiger partial charge < -0.3 is 18.3 Å². The predicted octanol–water partition coefficient (Wildman–Crippen LogP) is 18.2. The third-order valence-electron chi connectivity index (χ3n) is 13.5. The maximum absolute atomic E-state index is 13.3. The minimum atomic E-state index is -4.45. The van der Waals surface area contributed by atoms with Crippen molar-refractivity contribution in [3.8, 4) is 0 Å². The first-order valence-electron chi connectivity index (χ1n) is 22.4. The van der Waals surface area contributed by atoms with Crippen molar-refractivity contribution in [2.75, 3.05) is 0 Å². The highest BCUT2D eigenvalue weighted by Crippen LogP contribution is 2.43. The zero-order valence-corrected chi connectivity index (χ0v) is 39.3. The SMILES string of the molecule is C=C.CC.Cn1c2cc(C(F)(F)F)ccc2c2cc3cc4c(cc3cc21)c1ccc(C(F)(F)F)cc1n4C.Cn1c2ccc(C(F)(F)F)cc2c2cc3cc4c(cc3cc21)c1cc(C(F)(F)F)ccc1n4C. The van der Waals surface area contributed by atoms with E-state index in [1.165, 1.54) is 24.3 Å². The lowest BCUT2D eigenvalue weighted by Gasteiger charge is -2.07. The van der Waals surface area contributed by atoms with E-state index in [9.17, 15) is 52.7 Å². The number of hydrogen-bond donors (Lipinski definition) is 0. The first-order chi connectivity index (χ1) is 33.9. The summed E-state index contributed by atoms with van der Waals surface area (Å²) in [5.41, 5.74) is 2.53. The molecule has 0 saturated heterocycles. The largest absolute Gasteiger partial charge is 0.416 e. The summed E-state index contributed by atoms with van der Waals surface area (Å²) in [4.78, 5) is 0. The van der Waals surface area contributed by atoms with Crippen LogP contribution in [0.4, 0.5) is 52.7 Å². The second-order valence-corrected chi connectivity index (χ2v) is 17.3. The number of aryl methyl sites for hydroxylation is 4. The molecule has 0 spiro atoms. The molecule has 0 amide bonds. The Bertz CT molecular complexity index is 3890. The summed E-state index contributed by atoms with van der Waals surface area (Å²) in [6.45, 7) is 10.0. The van der Waals surface area contributed by atoms with Crippen LogP contribution >= 0.6 is 0 Å². The fourth-order valence-corrected chi connectivity index (χ4v) is 10.0. The van der Waals surface area contributed by atoms with E-state index in [0.717, 1.165) is 103 Å². The summed E-state index contributed by atoms with van der Waals surface area (Å²) >= 11 is 0. The average Bonchev–Trinajstić information content (AvgIpc) is 3.98. The molecule has 0 radical (unpaired) electrons. The molecule has 0 atom stereocenters. The van der Waals surface area contributed by atoms with E-state index in [2.05, 4.69) is 13.2 Å². The number of aromatic nitrogens is 4. The third-order valence-corrected chi connectivity index (χ3v) is 13.5. The van der Waals surface area contributed by atoms with Gasteiger partial charge in [0.2, 0.25) is 0 Å². The molecule has 4 aromatic heterocycles. The Morgan fingerprint density at radius 2 is 0.472 bits per heavy atom. The maximum atomic E-state index is 13.3. The number of fused-ring (bicyclic) bond motifs is 14. The summed E-state index contributed by atoms with van der Waals surface area (Å²) in [6.07, 6.45) is -17.8. The van der Waals surface area contributed by atoms with E-state index in [4.69, 9.17) is 0 Å². The van der Waals surface area contributed by atoms with Gasteiger partial charge in [-0.05, 0) is 131 Å². The van der Waals surface area contributed by atoms with Gasteiger partial charge in [0.05, 0.1) is 22.3 Å². The molecule has 12 rings (SSSR count). The van der Waals surface area contributed by atoms with Crippen LogP contribution < -0.4 is 0 Å². The van der Waals surface area contributed by atoms with Gasteiger partial charge in [-0.3, -0.25) is 0 Å². The Hall–Kier alpha value is -7.62. The Balaban J connectivity index is 0.000000166. The molecule has 16 heteroatoms. The molecule has 4 heterocycles. The normalized spacial score (nSPS) is 12.7. The highest BCUT2D eigenvalue weighted by atomic mass is 19.4. The topological polar surface area (TPSA) is 19.7 Å². The van der Waals surface area contributed by atoms with Gasteiger partial charge >= 0.3 is 24.7 Å². The van der Waals surface area contributed by atoms with Crippen molar-refractivity contribution >= 4 is 109 Å². The van der Waals surface area contributed by atoms with Crippen molar-refractivity contribution < 1.29 is 52.7 Å². The third kappa shape index (κ3) is 7.91. The summed E-state index contributed by atoms with van der Waals surface area (Å²) in [7, 11) is 7.03. The number of halogens is 12. The van der Waals surface area contributed by atoms with Crippen molar-refractivity contribution in [1.29, 1.82) is 0 Å². The second kappa shape index (κ2) is 17.0. The lowest BCUT2D eigenvalue weighted by Crippen LogP contribution is -2.04. The van der Waals surface area contributed by atoms with Gasteiger partial charge in [0, 0.05) is 115 Å². The van der Waals surface area contributed by atoms with Crippen LogP contribution in [0.3, 0.4) is 0 Å². The highest BCUT2D eigenvalue weighted by molar-refractivity contribution is 6.19. The lowest BCUT2D eigenvalue weighted by molar-refractivity contribution is -0.138. The Labute approximate surface area is 402 Å². The van der Waals surface area contributed by atoms with Gasteiger partial charge in [-0.2, -0.15) is 52.7 Å². The molecule has 0 aliphatic rings. The molecule has 0 bridgehead atoms. The van der Waals surface area contributed by atoms with Gasteiger partial charge in [-0.1, -0.05) is 26.0 Å². The molecule has 12 aromatic rings. The van der Waals surface area contributed by atoms with Gasteiger partial charge in [0.15, 0.2) is 0 Å². The number of rotatable bonds is 0. The monoisotopic (exact) mass is 998 g/mol. The Morgan fingerprint density at radius 1 is 0.264 bits per heavy atom. The van der Waals surface area contributed by atoms with Gasteiger partial charge in [-0.15, -0.1) is 13.2 Å². The molecule has 0 saturated carbocycles. The van der Waals surface area contributed by atoms with Crippen molar-refractivity contribution in [2.45, 2.75) is 38.6 Å². The number of alkyl halides is 12. The van der Waals surface area contributed by atoms with Crippen molar-refractivity contribution in [2.24, 2.45) is 28.2 Å².